The van der Waals surface area contributed by atoms with Gasteiger partial charge in [0.1, 0.15) is 0 Å². The number of carbonyl (C=O) groups is 2. The molecule has 0 spiro atoms. The third kappa shape index (κ3) is 3.62. The van der Waals surface area contributed by atoms with Crippen LogP contribution >= 0.6 is 0 Å². The number of nitrogens with one attached hydrogen (secondary N) is 1. The van der Waals surface area contributed by atoms with Crippen molar-refractivity contribution >= 4 is 18.0 Å². The van der Waals surface area contributed by atoms with E-state index in [0.717, 1.165) is 35.4 Å². The van der Waals surface area contributed by atoms with E-state index in [0.29, 0.717) is 38.5 Å². The normalized spacial score (nSPS) is 16.1. The molecule has 10 heteroatoms. The van der Waals surface area contributed by atoms with Crippen LogP contribution in [0.3, 0.4) is 0 Å². The Hall–Kier alpha value is -3.17. The van der Waals surface area contributed by atoms with Gasteiger partial charge in [0.25, 0.3) is 0 Å². The molecule has 2 aromatic heterocycles. The second-order valence-electron chi connectivity index (χ2n) is 7.28. The van der Waals surface area contributed by atoms with Gasteiger partial charge >= 0.3 is 12.1 Å². The Kier molecular flexibility index (Phi) is 5.08. The molecule has 29 heavy (non-hydrogen) atoms. The molecule has 1 fully saturated rings. The minimum absolute atomic E-state index is 0.0904. The molecule has 2 aliphatic rings. The van der Waals surface area contributed by atoms with Crippen molar-refractivity contribution in [1.29, 1.82) is 0 Å². The zero-order valence-corrected chi connectivity index (χ0v) is 16.5. The van der Waals surface area contributed by atoms with Crippen molar-refractivity contribution in [3.8, 4) is 11.4 Å². The number of amides is 1. The lowest BCUT2D eigenvalue weighted by molar-refractivity contribution is 0.0688. The van der Waals surface area contributed by atoms with E-state index in [-0.39, 0.29) is 17.8 Å². The summed E-state index contributed by atoms with van der Waals surface area (Å²) in [5.41, 5.74) is 3.27. The van der Waals surface area contributed by atoms with Crippen molar-refractivity contribution in [2.75, 3.05) is 25.0 Å². The molecule has 1 saturated heterocycles. The van der Waals surface area contributed by atoms with E-state index in [1.54, 1.807) is 29.7 Å². The molecule has 1 aliphatic carbocycles. The fourth-order valence-corrected chi connectivity index (χ4v) is 4.00. The van der Waals surface area contributed by atoms with E-state index < -0.39 is 5.97 Å². The van der Waals surface area contributed by atoms with Gasteiger partial charge in [-0.2, -0.15) is 5.10 Å². The van der Waals surface area contributed by atoms with Crippen LogP contribution in [0.15, 0.2) is 6.20 Å². The summed E-state index contributed by atoms with van der Waals surface area (Å²) < 4.78 is 6.64. The van der Waals surface area contributed by atoms with Crippen LogP contribution in [-0.2, 0) is 24.6 Å². The van der Waals surface area contributed by atoms with E-state index in [1.807, 2.05) is 0 Å². The van der Waals surface area contributed by atoms with E-state index in [9.17, 15) is 14.7 Å². The number of likely N-dealkylation sites (tertiary alicyclic amines) is 1. The van der Waals surface area contributed by atoms with Gasteiger partial charge in [-0.3, -0.25) is 4.68 Å². The molecular weight excluding hydrogens is 376 g/mol. The lowest BCUT2D eigenvalue weighted by atomic mass is 9.93. The molecular formula is C19H24N6O4. The third-order valence-electron chi connectivity index (χ3n) is 5.44. The molecule has 0 saturated carbocycles. The number of aromatic carboxylic acids is 1. The maximum absolute atomic E-state index is 11.8. The topological polar surface area (TPSA) is 122 Å². The first kappa shape index (κ1) is 19.2. The Balaban J connectivity index is 1.51. The smallest absolute Gasteiger partial charge is 0.409 e. The average molecular weight is 400 g/mol. The number of hydrogen-bond donors (Lipinski definition) is 2. The fourth-order valence-electron chi connectivity index (χ4n) is 4.00. The zero-order chi connectivity index (χ0) is 20.5. The first-order valence-electron chi connectivity index (χ1n) is 9.81. The first-order chi connectivity index (χ1) is 14.0. The van der Waals surface area contributed by atoms with Gasteiger partial charge in [0.05, 0.1) is 18.0 Å². The number of aromatic nitrogens is 4. The molecule has 10 nitrogen and oxygen atoms in total. The van der Waals surface area contributed by atoms with Crippen LogP contribution in [0.25, 0.3) is 11.4 Å². The molecule has 3 heterocycles. The summed E-state index contributed by atoms with van der Waals surface area (Å²) >= 11 is 0. The second kappa shape index (κ2) is 7.69. The first-order valence-corrected chi connectivity index (χ1v) is 9.81. The molecule has 0 radical (unpaired) electrons. The van der Waals surface area contributed by atoms with Gasteiger partial charge in [-0.1, -0.05) is 0 Å². The standard InChI is InChI=1S/C19H24N6O4/c1-3-29-19(28)25-8-6-12(7-9-25)21-18-20-10-11-4-5-13-15(17(26)27)23-24(2)16(13)14(11)22-18/h10,12H,3-9H2,1-2H3,(H,26,27)(H,20,21,22). The number of carboxylic acid groups (broad SMARTS) is 1. The Morgan fingerprint density at radius 3 is 2.76 bits per heavy atom. The fraction of sp³-hybridized carbons (Fsp3) is 0.526. The zero-order valence-electron chi connectivity index (χ0n) is 16.5. The lowest BCUT2D eigenvalue weighted by Crippen LogP contribution is -2.42. The Bertz CT molecular complexity index is 948. The van der Waals surface area contributed by atoms with Crippen molar-refractivity contribution in [3.63, 3.8) is 0 Å². The Labute approximate surface area is 167 Å². The second-order valence-corrected chi connectivity index (χ2v) is 7.28. The van der Waals surface area contributed by atoms with E-state index in [2.05, 4.69) is 20.4 Å². The minimum atomic E-state index is -1.02. The SMILES string of the molecule is CCOC(=O)N1CCC(Nc2ncc3c(n2)-c2c(c(C(=O)O)nn2C)CC3)CC1. The van der Waals surface area contributed by atoms with Crippen molar-refractivity contribution in [3.05, 3.63) is 23.0 Å². The van der Waals surface area contributed by atoms with Crippen LogP contribution in [-0.4, -0.2) is 67.6 Å². The number of carbonyl (C=O) groups excluding carboxylic acids is 1. The molecule has 0 atom stereocenters. The lowest BCUT2D eigenvalue weighted by Gasteiger charge is -2.31. The summed E-state index contributed by atoms with van der Waals surface area (Å²) in [6.07, 6.45) is 4.38. The molecule has 154 valence electrons. The van der Waals surface area contributed by atoms with Crippen LogP contribution in [0.2, 0.25) is 0 Å². The summed E-state index contributed by atoms with van der Waals surface area (Å²) in [4.78, 5) is 34.2. The molecule has 0 bridgehead atoms. The van der Waals surface area contributed by atoms with Crippen LogP contribution in [0.1, 0.15) is 41.4 Å². The number of carboxylic acids is 1. The highest BCUT2D eigenvalue weighted by molar-refractivity contribution is 5.90. The molecule has 0 unspecified atom stereocenters. The van der Waals surface area contributed by atoms with Gasteiger partial charge in [-0.05, 0) is 38.2 Å². The number of rotatable bonds is 4. The van der Waals surface area contributed by atoms with Gasteiger partial charge in [0.2, 0.25) is 5.95 Å². The predicted molar refractivity (Wildman–Crippen MR) is 104 cm³/mol. The molecule has 1 aliphatic heterocycles. The van der Waals surface area contributed by atoms with Crippen LogP contribution in [0, 0.1) is 0 Å². The van der Waals surface area contributed by atoms with Crippen molar-refractivity contribution in [2.24, 2.45) is 7.05 Å². The van der Waals surface area contributed by atoms with E-state index in [1.165, 1.54) is 0 Å². The summed E-state index contributed by atoms with van der Waals surface area (Å²) in [6.45, 7) is 3.41. The van der Waals surface area contributed by atoms with Crippen molar-refractivity contribution in [1.82, 2.24) is 24.6 Å². The Morgan fingerprint density at radius 2 is 2.07 bits per heavy atom. The third-order valence-corrected chi connectivity index (χ3v) is 5.44. The number of aryl methyl sites for hydroxylation is 2. The number of anilines is 1. The van der Waals surface area contributed by atoms with E-state index >= 15 is 0 Å². The average Bonchev–Trinajstić information content (AvgIpc) is 3.06. The Morgan fingerprint density at radius 1 is 1.31 bits per heavy atom. The van der Waals surface area contributed by atoms with Crippen molar-refractivity contribution < 1.29 is 19.4 Å². The molecule has 2 aromatic rings. The minimum Gasteiger partial charge on any atom is -0.476 e. The highest BCUT2D eigenvalue weighted by atomic mass is 16.6. The van der Waals surface area contributed by atoms with Gasteiger partial charge in [-0.15, -0.1) is 0 Å². The van der Waals surface area contributed by atoms with Crippen LogP contribution in [0.5, 0.6) is 0 Å². The maximum atomic E-state index is 11.8. The summed E-state index contributed by atoms with van der Waals surface area (Å²) in [5, 5.41) is 16.9. The predicted octanol–water partition coefficient (Wildman–Crippen LogP) is 1.71. The monoisotopic (exact) mass is 400 g/mol. The molecule has 4 rings (SSSR count). The number of hydrogen-bond acceptors (Lipinski definition) is 7. The van der Waals surface area contributed by atoms with Crippen LogP contribution in [0.4, 0.5) is 10.7 Å². The van der Waals surface area contributed by atoms with E-state index in [4.69, 9.17) is 4.74 Å². The number of fused-ring (bicyclic) bond motifs is 3. The number of piperidine rings is 1. The molecule has 2 N–H and O–H groups in total. The number of nitrogens with zero attached hydrogens (tertiary/aromatic N) is 5. The number of ether oxygens (including phenoxy) is 1. The molecule has 0 aromatic carbocycles. The van der Waals surface area contributed by atoms with Gasteiger partial charge in [0.15, 0.2) is 5.69 Å². The summed E-state index contributed by atoms with van der Waals surface area (Å²) in [5.74, 6) is -0.518. The van der Waals surface area contributed by atoms with Gasteiger partial charge in [0, 0.05) is 37.9 Å². The quantitative estimate of drug-likeness (QED) is 0.795. The highest BCUT2D eigenvalue weighted by Gasteiger charge is 2.29. The van der Waals surface area contributed by atoms with Crippen LogP contribution < -0.4 is 5.32 Å². The summed E-state index contributed by atoms with van der Waals surface area (Å²) in [7, 11) is 1.74. The molecule has 1 amide bonds. The summed E-state index contributed by atoms with van der Waals surface area (Å²) in [6, 6.07) is 0.155. The largest absolute Gasteiger partial charge is 0.476 e. The maximum Gasteiger partial charge on any atom is 0.409 e. The van der Waals surface area contributed by atoms with Gasteiger partial charge in [-0.25, -0.2) is 19.6 Å². The highest BCUT2D eigenvalue weighted by Crippen LogP contribution is 2.34. The van der Waals surface area contributed by atoms with Gasteiger partial charge < -0.3 is 20.1 Å². The van der Waals surface area contributed by atoms with Crippen molar-refractivity contribution in [2.45, 2.75) is 38.6 Å².